The largest absolute Gasteiger partial charge is 0.360 e. The van der Waals surface area contributed by atoms with Crippen molar-refractivity contribution in [1.82, 2.24) is 15.4 Å². The van der Waals surface area contributed by atoms with Gasteiger partial charge < -0.3 is 14.7 Å². The van der Waals surface area contributed by atoms with Crippen molar-refractivity contribution >= 4 is 0 Å². The fourth-order valence-corrected chi connectivity index (χ4v) is 1.31. The van der Waals surface area contributed by atoms with E-state index in [2.05, 4.69) is 29.2 Å². The van der Waals surface area contributed by atoms with Gasteiger partial charge in [-0.25, -0.2) is 0 Å². The maximum atomic E-state index is 5.20. The van der Waals surface area contributed by atoms with Gasteiger partial charge in [-0.2, -0.15) is 0 Å². The fraction of sp³-hybridized carbons (Fsp3) is 0.727. The normalized spacial score (nSPS) is 11.6. The molecule has 0 aliphatic rings. The molecule has 86 valence electrons. The van der Waals surface area contributed by atoms with Gasteiger partial charge in [-0.1, -0.05) is 19.0 Å². The van der Waals surface area contributed by atoms with Crippen LogP contribution in [0, 0.1) is 5.92 Å². The summed E-state index contributed by atoms with van der Waals surface area (Å²) >= 11 is 0. The van der Waals surface area contributed by atoms with Crippen molar-refractivity contribution in [2.45, 2.75) is 26.9 Å². The zero-order valence-corrected chi connectivity index (χ0v) is 10.1. The van der Waals surface area contributed by atoms with Gasteiger partial charge in [-0.3, -0.25) is 0 Å². The summed E-state index contributed by atoms with van der Waals surface area (Å²) in [6.45, 7) is 6.97. The van der Waals surface area contributed by atoms with Crippen molar-refractivity contribution in [2.24, 2.45) is 5.92 Å². The molecular formula is C11H21N3O. The lowest BCUT2D eigenvalue weighted by molar-refractivity contribution is 0.307. The third kappa shape index (κ3) is 4.95. The van der Waals surface area contributed by atoms with E-state index in [9.17, 15) is 0 Å². The van der Waals surface area contributed by atoms with E-state index >= 15 is 0 Å². The molecular weight excluding hydrogens is 190 g/mol. The Bertz CT molecular complexity index is 281. The number of rotatable bonds is 6. The summed E-state index contributed by atoms with van der Waals surface area (Å²) < 4.78 is 5.20. The van der Waals surface area contributed by atoms with Crippen LogP contribution in [0.2, 0.25) is 0 Å². The minimum absolute atomic E-state index is 0.665. The van der Waals surface area contributed by atoms with Gasteiger partial charge in [0.1, 0.15) is 0 Å². The SMILES string of the molecule is CC(C)CNCc1cc(CN(C)C)on1. The number of hydrogen-bond donors (Lipinski definition) is 1. The fourth-order valence-electron chi connectivity index (χ4n) is 1.31. The highest BCUT2D eigenvalue weighted by Crippen LogP contribution is 2.05. The van der Waals surface area contributed by atoms with Crippen LogP contribution in [-0.4, -0.2) is 30.7 Å². The van der Waals surface area contributed by atoms with Crippen LogP contribution in [-0.2, 0) is 13.1 Å². The summed E-state index contributed by atoms with van der Waals surface area (Å²) in [4.78, 5) is 2.06. The quantitative estimate of drug-likeness (QED) is 0.774. The van der Waals surface area contributed by atoms with Crippen LogP contribution in [0.4, 0.5) is 0 Å². The zero-order valence-electron chi connectivity index (χ0n) is 10.1. The molecule has 1 aromatic heterocycles. The van der Waals surface area contributed by atoms with Crippen molar-refractivity contribution in [2.75, 3.05) is 20.6 Å². The summed E-state index contributed by atoms with van der Waals surface area (Å²) in [7, 11) is 4.03. The number of hydrogen-bond acceptors (Lipinski definition) is 4. The minimum Gasteiger partial charge on any atom is -0.360 e. The van der Waals surface area contributed by atoms with Crippen LogP contribution in [0.1, 0.15) is 25.3 Å². The first kappa shape index (κ1) is 12.2. The molecule has 0 saturated carbocycles. The van der Waals surface area contributed by atoms with E-state index in [0.717, 1.165) is 31.1 Å². The maximum absolute atomic E-state index is 5.20. The summed E-state index contributed by atoms with van der Waals surface area (Å²) in [5, 5.41) is 7.33. The van der Waals surface area contributed by atoms with Gasteiger partial charge >= 0.3 is 0 Å². The van der Waals surface area contributed by atoms with Crippen molar-refractivity contribution < 1.29 is 4.52 Å². The molecule has 1 N–H and O–H groups in total. The highest BCUT2D eigenvalue weighted by atomic mass is 16.5. The first-order chi connectivity index (χ1) is 7.08. The summed E-state index contributed by atoms with van der Waals surface area (Å²) in [5.74, 6) is 1.58. The Labute approximate surface area is 91.6 Å². The van der Waals surface area contributed by atoms with E-state index in [1.165, 1.54) is 0 Å². The van der Waals surface area contributed by atoms with Gasteiger partial charge in [-0.15, -0.1) is 0 Å². The molecule has 0 aliphatic carbocycles. The average Bonchev–Trinajstić information content (AvgIpc) is 2.50. The first-order valence-electron chi connectivity index (χ1n) is 5.38. The predicted molar refractivity (Wildman–Crippen MR) is 60.4 cm³/mol. The molecule has 1 rings (SSSR count). The van der Waals surface area contributed by atoms with Crippen LogP contribution >= 0.6 is 0 Å². The Hall–Kier alpha value is -0.870. The second-order valence-electron chi connectivity index (χ2n) is 4.55. The molecule has 4 heteroatoms. The van der Waals surface area contributed by atoms with Crippen LogP contribution in [0.3, 0.4) is 0 Å². The van der Waals surface area contributed by atoms with Gasteiger partial charge in [0.25, 0.3) is 0 Å². The van der Waals surface area contributed by atoms with E-state index in [1.807, 2.05) is 20.2 Å². The van der Waals surface area contributed by atoms with Crippen LogP contribution < -0.4 is 5.32 Å². The zero-order chi connectivity index (χ0) is 11.3. The maximum Gasteiger partial charge on any atom is 0.150 e. The molecule has 0 saturated heterocycles. The van der Waals surface area contributed by atoms with Crippen molar-refractivity contribution in [3.8, 4) is 0 Å². The lowest BCUT2D eigenvalue weighted by Gasteiger charge is -2.04. The van der Waals surface area contributed by atoms with E-state index in [4.69, 9.17) is 4.52 Å². The standard InChI is InChI=1S/C11H21N3O/c1-9(2)6-12-7-10-5-11(15-13-10)8-14(3)4/h5,9,12H,6-8H2,1-4H3. The molecule has 0 bridgehead atoms. The second kappa shape index (κ2) is 5.88. The molecule has 1 heterocycles. The predicted octanol–water partition coefficient (Wildman–Crippen LogP) is 1.48. The molecule has 0 fully saturated rings. The lowest BCUT2D eigenvalue weighted by Crippen LogP contribution is -2.19. The summed E-state index contributed by atoms with van der Waals surface area (Å²) in [6, 6.07) is 2.01. The number of nitrogens with one attached hydrogen (secondary N) is 1. The molecule has 0 radical (unpaired) electrons. The molecule has 4 nitrogen and oxygen atoms in total. The smallest absolute Gasteiger partial charge is 0.150 e. The van der Waals surface area contributed by atoms with Gasteiger partial charge in [0.2, 0.25) is 0 Å². The van der Waals surface area contributed by atoms with Crippen LogP contribution in [0.15, 0.2) is 10.6 Å². The molecule has 0 unspecified atom stereocenters. The monoisotopic (exact) mass is 211 g/mol. The van der Waals surface area contributed by atoms with Crippen molar-refractivity contribution in [3.63, 3.8) is 0 Å². The van der Waals surface area contributed by atoms with E-state index < -0.39 is 0 Å². The van der Waals surface area contributed by atoms with Gasteiger partial charge in [0.15, 0.2) is 5.76 Å². The topological polar surface area (TPSA) is 41.3 Å². The van der Waals surface area contributed by atoms with Gasteiger partial charge in [0.05, 0.1) is 12.2 Å². The average molecular weight is 211 g/mol. The first-order valence-corrected chi connectivity index (χ1v) is 5.38. The molecule has 0 aromatic carbocycles. The Balaban J connectivity index is 2.33. The molecule has 0 amide bonds. The molecule has 1 aromatic rings. The van der Waals surface area contributed by atoms with Crippen molar-refractivity contribution in [3.05, 3.63) is 17.5 Å². The van der Waals surface area contributed by atoms with E-state index in [-0.39, 0.29) is 0 Å². The van der Waals surface area contributed by atoms with Crippen molar-refractivity contribution in [1.29, 1.82) is 0 Å². The second-order valence-corrected chi connectivity index (χ2v) is 4.55. The number of nitrogens with zero attached hydrogens (tertiary/aromatic N) is 2. The highest BCUT2D eigenvalue weighted by Gasteiger charge is 2.04. The Morgan fingerprint density at radius 3 is 2.80 bits per heavy atom. The molecule has 0 aliphatic heterocycles. The summed E-state index contributed by atoms with van der Waals surface area (Å²) in [6.07, 6.45) is 0. The highest BCUT2D eigenvalue weighted by molar-refractivity contribution is 5.04. The lowest BCUT2D eigenvalue weighted by atomic mass is 10.2. The van der Waals surface area contributed by atoms with Crippen LogP contribution in [0.5, 0.6) is 0 Å². The Morgan fingerprint density at radius 1 is 1.47 bits per heavy atom. The number of aromatic nitrogens is 1. The Kier molecular flexibility index (Phi) is 4.78. The third-order valence-corrected chi connectivity index (χ3v) is 1.94. The molecule has 15 heavy (non-hydrogen) atoms. The third-order valence-electron chi connectivity index (χ3n) is 1.94. The minimum atomic E-state index is 0.665. The molecule has 0 atom stereocenters. The van der Waals surface area contributed by atoms with Gasteiger partial charge in [-0.05, 0) is 26.6 Å². The molecule has 0 spiro atoms. The van der Waals surface area contributed by atoms with E-state index in [0.29, 0.717) is 5.92 Å². The Morgan fingerprint density at radius 2 is 2.20 bits per heavy atom. The summed E-state index contributed by atoms with van der Waals surface area (Å²) in [5.41, 5.74) is 0.979. The van der Waals surface area contributed by atoms with Crippen LogP contribution in [0.25, 0.3) is 0 Å². The van der Waals surface area contributed by atoms with E-state index in [1.54, 1.807) is 0 Å². The van der Waals surface area contributed by atoms with Gasteiger partial charge in [0, 0.05) is 12.6 Å².